The van der Waals surface area contributed by atoms with Gasteiger partial charge in [0.15, 0.2) is 0 Å². The number of rotatable bonds is 3. The van der Waals surface area contributed by atoms with E-state index < -0.39 is 4.33 Å². The lowest BCUT2D eigenvalue weighted by atomic mass is 10.5. The van der Waals surface area contributed by atoms with Gasteiger partial charge in [-0.2, -0.15) is 0 Å². The van der Waals surface area contributed by atoms with Crippen molar-refractivity contribution in [1.29, 1.82) is 0 Å². The Bertz CT molecular complexity index is 313. The van der Waals surface area contributed by atoms with Crippen molar-refractivity contribution in [2.75, 3.05) is 5.75 Å². The number of thioether (sulfide) groups is 1. The number of tetrazole rings is 1. The average molecular weight is 239 g/mol. The van der Waals surface area contributed by atoms with E-state index in [0.29, 0.717) is 5.92 Å². The van der Waals surface area contributed by atoms with Crippen molar-refractivity contribution in [3.8, 4) is 0 Å². The molecule has 0 aromatic carbocycles. The van der Waals surface area contributed by atoms with Gasteiger partial charge in [0, 0.05) is 18.7 Å². The minimum atomic E-state index is -0.501. The summed E-state index contributed by atoms with van der Waals surface area (Å²) < 4.78 is 1.14. The van der Waals surface area contributed by atoms with E-state index >= 15 is 0 Å². The molecule has 0 amide bonds. The quantitative estimate of drug-likeness (QED) is 0.592. The highest BCUT2D eigenvalue weighted by molar-refractivity contribution is 7.99. The maximum absolute atomic E-state index is 5.88. The molecule has 1 atom stereocenters. The third-order valence-electron chi connectivity index (χ3n) is 1.95. The molecule has 1 fully saturated rings. The molecule has 0 bridgehead atoms. The number of nitrogens with zero attached hydrogens (tertiary/aromatic N) is 4. The zero-order chi connectivity index (χ0) is 9.47. The Kier molecular flexibility index (Phi) is 2.42. The van der Waals surface area contributed by atoms with Crippen molar-refractivity contribution in [3.63, 3.8) is 0 Å². The van der Waals surface area contributed by atoms with Crippen molar-refractivity contribution >= 4 is 35.0 Å². The summed E-state index contributed by atoms with van der Waals surface area (Å²) >= 11 is 13.3. The zero-order valence-corrected chi connectivity index (χ0v) is 9.27. The Labute approximate surface area is 90.0 Å². The third kappa shape index (κ3) is 2.08. The molecule has 0 unspecified atom stereocenters. The standard InChI is InChI=1S/C6H8Cl2N4S/c1-12-5(9-10-11-12)13-3-4-2-6(4,7)8/h4H,2-3H2,1H3/t4-/m0/s1. The minimum Gasteiger partial charge on any atom is -0.224 e. The molecule has 1 aromatic heterocycles. The van der Waals surface area contributed by atoms with E-state index in [1.807, 2.05) is 7.05 Å². The van der Waals surface area contributed by atoms with Crippen molar-refractivity contribution in [2.24, 2.45) is 13.0 Å². The summed E-state index contributed by atoms with van der Waals surface area (Å²) in [5, 5.41) is 11.9. The van der Waals surface area contributed by atoms with Crippen LogP contribution in [-0.2, 0) is 7.05 Å². The molecule has 0 N–H and O–H groups in total. The molecule has 0 aliphatic heterocycles. The molecule has 1 aromatic rings. The van der Waals surface area contributed by atoms with Crippen LogP contribution < -0.4 is 0 Å². The second-order valence-electron chi connectivity index (χ2n) is 3.06. The number of alkyl halides is 2. The van der Waals surface area contributed by atoms with Crippen LogP contribution in [0.2, 0.25) is 0 Å². The van der Waals surface area contributed by atoms with E-state index in [1.165, 1.54) is 0 Å². The maximum Gasteiger partial charge on any atom is 0.209 e. The highest BCUT2D eigenvalue weighted by atomic mass is 35.5. The number of aryl methyl sites for hydroxylation is 1. The summed E-state index contributed by atoms with van der Waals surface area (Å²) in [6.07, 6.45) is 0.869. The van der Waals surface area contributed by atoms with Gasteiger partial charge in [0.25, 0.3) is 0 Å². The first-order valence-corrected chi connectivity index (χ1v) is 5.57. The molecule has 1 aliphatic carbocycles. The van der Waals surface area contributed by atoms with E-state index in [1.54, 1.807) is 16.4 Å². The normalized spacial score (nSPS) is 24.7. The summed E-state index contributed by atoms with van der Waals surface area (Å²) in [5.41, 5.74) is 0. The largest absolute Gasteiger partial charge is 0.224 e. The summed E-state index contributed by atoms with van der Waals surface area (Å²) in [7, 11) is 1.81. The Morgan fingerprint density at radius 1 is 1.69 bits per heavy atom. The molecule has 4 nitrogen and oxygen atoms in total. The van der Waals surface area contributed by atoms with Gasteiger partial charge in [-0.3, -0.25) is 0 Å². The molecule has 0 spiro atoms. The third-order valence-corrected chi connectivity index (χ3v) is 4.05. The smallest absolute Gasteiger partial charge is 0.209 e. The first-order valence-electron chi connectivity index (χ1n) is 3.82. The van der Waals surface area contributed by atoms with Crippen LogP contribution in [0.3, 0.4) is 0 Å². The molecule has 7 heteroatoms. The number of hydrogen-bond acceptors (Lipinski definition) is 4. The van der Waals surface area contributed by atoms with Crippen LogP contribution in [0.4, 0.5) is 0 Å². The van der Waals surface area contributed by atoms with Gasteiger partial charge in [-0.25, -0.2) is 4.68 Å². The molecule has 1 heterocycles. The van der Waals surface area contributed by atoms with Gasteiger partial charge < -0.3 is 0 Å². The highest BCUT2D eigenvalue weighted by Crippen LogP contribution is 2.54. The van der Waals surface area contributed by atoms with Crippen LogP contribution in [0.1, 0.15) is 6.42 Å². The molecule has 0 radical (unpaired) electrons. The average Bonchev–Trinajstić information content (AvgIpc) is 2.47. The lowest BCUT2D eigenvalue weighted by molar-refractivity contribution is 0.664. The van der Waals surface area contributed by atoms with Crippen molar-refractivity contribution in [2.45, 2.75) is 15.9 Å². The second kappa shape index (κ2) is 3.29. The van der Waals surface area contributed by atoms with Crippen molar-refractivity contribution in [3.05, 3.63) is 0 Å². The van der Waals surface area contributed by atoms with E-state index in [2.05, 4.69) is 15.5 Å². The van der Waals surface area contributed by atoms with Crippen LogP contribution in [-0.4, -0.2) is 30.3 Å². The van der Waals surface area contributed by atoms with Gasteiger partial charge in [-0.15, -0.1) is 28.3 Å². The SMILES string of the molecule is Cn1nnnc1SC[C@@H]1CC1(Cl)Cl. The van der Waals surface area contributed by atoms with Crippen LogP contribution >= 0.6 is 35.0 Å². The Morgan fingerprint density at radius 2 is 2.38 bits per heavy atom. The summed E-state index contributed by atoms with van der Waals surface area (Å²) in [4.78, 5) is 0. The Balaban J connectivity index is 1.85. The molecule has 2 rings (SSSR count). The Hall–Kier alpha value is -0.000000000000000111. The van der Waals surface area contributed by atoms with Gasteiger partial charge in [0.2, 0.25) is 5.16 Å². The predicted molar refractivity (Wildman–Crippen MR) is 52.1 cm³/mol. The van der Waals surface area contributed by atoms with Crippen LogP contribution in [0.5, 0.6) is 0 Å². The molecule has 13 heavy (non-hydrogen) atoms. The minimum absolute atomic E-state index is 0.373. The van der Waals surface area contributed by atoms with E-state index in [4.69, 9.17) is 23.2 Å². The second-order valence-corrected chi connectivity index (χ2v) is 5.59. The fourth-order valence-electron chi connectivity index (χ4n) is 0.969. The molecule has 72 valence electrons. The van der Waals surface area contributed by atoms with Gasteiger partial charge in [0.05, 0.1) is 0 Å². The molecular formula is C6H8Cl2N4S. The zero-order valence-electron chi connectivity index (χ0n) is 6.94. The van der Waals surface area contributed by atoms with Gasteiger partial charge in [-0.1, -0.05) is 11.8 Å². The van der Waals surface area contributed by atoms with E-state index in [0.717, 1.165) is 17.3 Å². The molecule has 1 saturated carbocycles. The molecule has 0 saturated heterocycles. The van der Waals surface area contributed by atoms with Gasteiger partial charge in [0.1, 0.15) is 4.33 Å². The van der Waals surface area contributed by atoms with Crippen LogP contribution in [0.25, 0.3) is 0 Å². The predicted octanol–water partition coefficient (Wildman–Crippen LogP) is 1.50. The first kappa shape index (κ1) is 9.55. The number of halogens is 2. The topological polar surface area (TPSA) is 43.6 Å². The summed E-state index contributed by atoms with van der Waals surface area (Å²) in [6.45, 7) is 0. The van der Waals surface area contributed by atoms with Crippen LogP contribution in [0.15, 0.2) is 5.16 Å². The summed E-state index contributed by atoms with van der Waals surface area (Å²) in [6, 6.07) is 0. The molecular weight excluding hydrogens is 231 g/mol. The number of aromatic nitrogens is 4. The fourth-order valence-corrected chi connectivity index (χ4v) is 2.75. The summed E-state index contributed by atoms with van der Waals surface area (Å²) in [5.74, 6) is 1.25. The van der Waals surface area contributed by atoms with E-state index in [-0.39, 0.29) is 0 Å². The Morgan fingerprint density at radius 3 is 2.85 bits per heavy atom. The van der Waals surface area contributed by atoms with Gasteiger partial charge >= 0.3 is 0 Å². The molecule has 1 aliphatic rings. The van der Waals surface area contributed by atoms with Gasteiger partial charge in [-0.05, 0) is 16.8 Å². The number of hydrogen-bond donors (Lipinski definition) is 0. The van der Waals surface area contributed by atoms with Crippen molar-refractivity contribution < 1.29 is 0 Å². The maximum atomic E-state index is 5.88. The first-order chi connectivity index (χ1) is 6.09. The lowest BCUT2D eigenvalue weighted by Gasteiger charge is -1.98. The van der Waals surface area contributed by atoms with Crippen LogP contribution in [0, 0.1) is 5.92 Å². The van der Waals surface area contributed by atoms with E-state index in [9.17, 15) is 0 Å². The monoisotopic (exact) mass is 238 g/mol. The van der Waals surface area contributed by atoms with Crippen molar-refractivity contribution in [1.82, 2.24) is 20.2 Å². The lowest BCUT2D eigenvalue weighted by Crippen LogP contribution is -1.97. The highest BCUT2D eigenvalue weighted by Gasteiger charge is 2.51. The fraction of sp³-hybridized carbons (Fsp3) is 0.833.